The summed E-state index contributed by atoms with van der Waals surface area (Å²) in [6.07, 6.45) is 0.970. The first kappa shape index (κ1) is 14.3. The van der Waals surface area contributed by atoms with E-state index in [4.69, 9.17) is 22.1 Å². The van der Waals surface area contributed by atoms with Crippen molar-refractivity contribution in [3.05, 3.63) is 21.3 Å². The minimum absolute atomic E-state index is 0.0845. The average molecular weight is 315 g/mol. The van der Waals surface area contributed by atoms with Gasteiger partial charge in [-0.15, -0.1) is 11.3 Å². The van der Waals surface area contributed by atoms with Crippen LogP contribution in [0.25, 0.3) is 0 Å². The van der Waals surface area contributed by atoms with Crippen molar-refractivity contribution in [2.75, 3.05) is 6.61 Å². The molecule has 1 saturated heterocycles. The maximum absolute atomic E-state index is 12.6. The van der Waals surface area contributed by atoms with E-state index in [0.29, 0.717) is 13.2 Å². The highest BCUT2D eigenvalue weighted by atomic mass is 35.5. The molecule has 110 valence electrons. The lowest BCUT2D eigenvalue weighted by atomic mass is 9.48. The summed E-state index contributed by atoms with van der Waals surface area (Å²) in [5, 5.41) is 2.96. The van der Waals surface area contributed by atoms with Gasteiger partial charge < -0.3 is 15.8 Å². The molecule has 6 heteroatoms. The maximum atomic E-state index is 12.6. The number of hydrogen-bond donors (Lipinski definition) is 2. The van der Waals surface area contributed by atoms with Crippen molar-refractivity contribution in [2.24, 2.45) is 17.1 Å². The van der Waals surface area contributed by atoms with Crippen molar-refractivity contribution in [1.29, 1.82) is 0 Å². The lowest BCUT2D eigenvalue weighted by Gasteiger charge is -2.60. The van der Waals surface area contributed by atoms with Gasteiger partial charge >= 0.3 is 0 Å². The number of ether oxygens (including phenoxy) is 1. The Morgan fingerprint density at radius 2 is 2.35 bits per heavy atom. The van der Waals surface area contributed by atoms with E-state index in [0.717, 1.165) is 15.6 Å². The molecule has 1 aromatic heterocycles. The van der Waals surface area contributed by atoms with Crippen molar-refractivity contribution in [3.63, 3.8) is 0 Å². The van der Waals surface area contributed by atoms with Crippen LogP contribution in [0.1, 0.15) is 25.1 Å². The van der Waals surface area contributed by atoms with Gasteiger partial charge in [0.25, 0.3) is 0 Å². The summed E-state index contributed by atoms with van der Waals surface area (Å²) in [6, 6.07) is 3.75. The van der Waals surface area contributed by atoms with E-state index >= 15 is 0 Å². The SMILES string of the molecule is CC1(C)C2OCCC2C1(N)C(=O)NCc1ccc(Cl)s1. The zero-order chi connectivity index (χ0) is 14.5. The van der Waals surface area contributed by atoms with E-state index in [1.165, 1.54) is 11.3 Å². The first-order valence-electron chi connectivity index (χ1n) is 6.80. The number of hydrogen-bond acceptors (Lipinski definition) is 4. The van der Waals surface area contributed by atoms with Gasteiger partial charge in [-0.25, -0.2) is 0 Å². The highest BCUT2D eigenvalue weighted by molar-refractivity contribution is 7.16. The molecule has 0 spiro atoms. The molecule has 3 rings (SSSR count). The number of thiophene rings is 1. The van der Waals surface area contributed by atoms with Gasteiger partial charge in [-0.2, -0.15) is 0 Å². The largest absolute Gasteiger partial charge is 0.377 e. The molecule has 0 bridgehead atoms. The lowest BCUT2D eigenvalue weighted by Crippen LogP contribution is -2.80. The Balaban J connectivity index is 1.70. The molecule has 3 unspecified atom stereocenters. The first-order valence-corrected chi connectivity index (χ1v) is 8.00. The van der Waals surface area contributed by atoms with Crippen LogP contribution in [0.5, 0.6) is 0 Å². The molecular formula is C14H19ClN2O2S. The summed E-state index contributed by atoms with van der Waals surface area (Å²) in [5.74, 6) is 0.0446. The van der Waals surface area contributed by atoms with Crippen LogP contribution in [0, 0.1) is 11.3 Å². The molecule has 1 aromatic rings. The van der Waals surface area contributed by atoms with Gasteiger partial charge in [-0.05, 0) is 18.6 Å². The van der Waals surface area contributed by atoms with Gasteiger partial charge in [-0.3, -0.25) is 4.79 Å². The number of halogens is 1. The number of nitrogens with one attached hydrogen (secondary N) is 1. The van der Waals surface area contributed by atoms with Gasteiger partial charge in [0.2, 0.25) is 5.91 Å². The number of nitrogens with two attached hydrogens (primary N) is 1. The summed E-state index contributed by atoms with van der Waals surface area (Å²) in [6.45, 7) is 5.21. The summed E-state index contributed by atoms with van der Waals surface area (Å²) >= 11 is 7.36. The molecule has 0 aromatic carbocycles. The van der Waals surface area contributed by atoms with E-state index in [-0.39, 0.29) is 23.3 Å². The molecule has 2 fully saturated rings. The molecule has 0 radical (unpaired) electrons. The third-order valence-electron chi connectivity index (χ3n) is 4.88. The van der Waals surface area contributed by atoms with Crippen molar-refractivity contribution >= 4 is 28.8 Å². The first-order chi connectivity index (χ1) is 9.37. The second kappa shape index (κ2) is 4.70. The summed E-state index contributed by atoms with van der Waals surface area (Å²) in [5.41, 5.74) is 5.30. The molecule has 2 heterocycles. The average Bonchev–Trinajstić information content (AvgIpc) is 3.02. The Morgan fingerprint density at radius 3 is 3.00 bits per heavy atom. The van der Waals surface area contributed by atoms with Crippen LogP contribution in [0.4, 0.5) is 0 Å². The van der Waals surface area contributed by atoms with E-state index in [1.807, 2.05) is 26.0 Å². The Hall–Kier alpha value is -0.620. The Kier molecular flexibility index (Phi) is 3.36. The molecule has 1 amide bonds. The maximum Gasteiger partial charge on any atom is 0.241 e. The highest BCUT2D eigenvalue weighted by Crippen LogP contribution is 2.58. The zero-order valence-corrected chi connectivity index (χ0v) is 13.2. The molecule has 4 nitrogen and oxygen atoms in total. The van der Waals surface area contributed by atoms with Crippen molar-refractivity contribution in [1.82, 2.24) is 5.32 Å². The van der Waals surface area contributed by atoms with Crippen molar-refractivity contribution in [2.45, 2.75) is 38.5 Å². The molecule has 3 N–H and O–H groups in total. The summed E-state index contributed by atoms with van der Waals surface area (Å²) in [4.78, 5) is 13.6. The zero-order valence-electron chi connectivity index (χ0n) is 11.6. The minimum atomic E-state index is -0.838. The lowest BCUT2D eigenvalue weighted by molar-refractivity contribution is -0.175. The van der Waals surface area contributed by atoms with Crippen molar-refractivity contribution < 1.29 is 9.53 Å². The molecule has 2 aliphatic rings. The third-order valence-corrected chi connectivity index (χ3v) is 6.11. The van der Waals surface area contributed by atoms with Crippen LogP contribution in [0.15, 0.2) is 12.1 Å². The van der Waals surface area contributed by atoms with Crippen LogP contribution in [-0.4, -0.2) is 24.2 Å². The van der Waals surface area contributed by atoms with E-state index in [2.05, 4.69) is 5.32 Å². The number of carbonyl (C=O) groups is 1. The van der Waals surface area contributed by atoms with E-state index in [1.54, 1.807) is 0 Å². The topological polar surface area (TPSA) is 64.3 Å². The van der Waals surface area contributed by atoms with Crippen LogP contribution >= 0.6 is 22.9 Å². The predicted molar refractivity (Wildman–Crippen MR) is 79.7 cm³/mol. The van der Waals surface area contributed by atoms with E-state index in [9.17, 15) is 4.79 Å². The molecule has 20 heavy (non-hydrogen) atoms. The number of carbonyl (C=O) groups excluding carboxylic acids is 1. The smallest absolute Gasteiger partial charge is 0.241 e. The molecular weight excluding hydrogens is 296 g/mol. The fourth-order valence-corrected chi connectivity index (χ4v) is 4.63. The number of fused-ring (bicyclic) bond motifs is 1. The normalized spacial score (nSPS) is 34.4. The summed E-state index contributed by atoms with van der Waals surface area (Å²) in [7, 11) is 0. The molecule has 1 saturated carbocycles. The highest BCUT2D eigenvalue weighted by Gasteiger charge is 2.71. The predicted octanol–water partition coefficient (Wildman–Crippen LogP) is 2.16. The summed E-state index contributed by atoms with van der Waals surface area (Å²) < 4.78 is 6.43. The number of amides is 1. The molecule has 1 aliphatic heterocycles. The fraction of sp³-hybridized carbons (Fsp3) is 0.643. The van der Waals surface area contributed by atoms with Gasteiger partial charge in [0, 0.05) is 22.8 Å². The van der Waals surface area contributed by atoms with Crippen molar-refractivity contribution in [3.8, 4) is 0 Å². The second-order valence-electron chi connectivity index (χ2n) is 6.17. The molecule has 1 aliphatic carbocycles. The van der Waals surface area contributed by atoms with Gasteiger partial charge in [-0.1, -0.05) is 25.4 Å². The third kappa shape index (κ3) is 1.84. The van der Waals surface area contributed by atoms with E-state index < -0.39 is 5.54 Å². The van der Waals surface area contributed by atoms with Crippen LogP contribution in [0.3, 0.4) is 0 Å². The fourth-order valence-electron chi connectivity index (χ4n) is 3.61. The molecule has 3 atom stereocenters. The monoisotopic (exact) mass is 314 g/mol. The standard InChI is InChI=1S/C14H19ClN2O2S/c1-13(2)11-9(5-6-19-11)14(13,16)12(18)17-7-8-3-4-10(15)20-8/h3-4,9,11H,5-7,16H2,1-2H3,(H,17,18). The van der Waals surface area contributed by atoms with Crippen LogP contribution in [0.2, 0.25) is 4.34 Å². The van der Waals surface area contributed by atoms with Gasteiger partial charge in [0.15, 0.2) is 0 Å². The Bertz CT molecular complexity index is 545. The van der Waals surface area contributed by atoms with Gasteiger partial charge in [0.05, 0.1) is 17.0 Å². The quantitative estimate of drug-likeness (QED) is 0.898. The van der Waals surface area contributed by atoms with Gasteiger partial charge in [0.1, 0.15) is 5.54 Å². The second-order valence-corrected chi connectivity index (χ2v) is 7.97. The number of rotatable bonds is 3. The Labute approximate surface area is 127 Å². The van der Waals surface area contributed by atoms with Crippen LogP contribution < -0.4 is 11.1 Å². The minimum Gasteiger partial charge on any atom is -0.377 e. The van der Waals surface area contributed by atoms with Crippen LogP contribution in [-0.2, 0) is 16.1 Å². The Morgan fingerprint density at radius 1 is 1.60 bits per heavy atom.